The molecule has 1 N–H and O–H groups in total. The van der Waals surface area contributed by atoms with E-state index in [1.807, 2.05) is 43.3 Å². The van der Waals surface area contributed by atoms with Gasteiger partial charge in [-0.15, -0.1) is 10.2 Å². The van der Waals surface area contributed by atoms with Crippen LogP contribution >= 0.6 is 11.3 Å². The van der Waals surface area contributed by atoms with Crippen LogP contribution in [0, 0.1) is 6.92 Å². The van der Waals surface area contributed by atoms with E-state index in [9.17, 15) is 4.79 Å². The van der Waals surface area contributed by atoms with Crippen LogP contribution in [0.2, 0.25) is 0 Å². The molecule has 0 bridgehead atoms. The molecule has 0 saturated heterocycles. The van der Waals surface area contributed by atoms with Gasteiger partial charge in [0, 0.05) is 18.0 Å². The minimum Gasteiger partial charge on any atom is -0.300 e. The van der Waals surface area contributed by atoms with Crippen molar-refractivity contribution in [1.82, 2.24) is 15.2 Å². The quantitative estimate of drug-likeness (QED) is 0.804. The summed E-state index contributed by atoms with van der Waals surface area (Å²) < 4.78 is 0. The molecule has 2 heterocycles. The van der Waals surface area contributed by atoms with Gasteiger partial charge in [-0.25, -0.2) is 0 Å². The first-order chi connectivity index (χ1) is 10.7. The van der Waals surface area contributed by atoms with Crippen LogP contribution in [0.25, 0.3) is 10.6 Å². The van der Waals surface area contributed by atoms with Crippen molar-refractivity contribution in [3.63, 3.8) is 0 Å². The van der Waals surface area contributed by atoms with Gasteiger partial charge in [-0.2, -0.15) is 0 Å². The lowest BCUT2D eigenvalue weighted by Gasteiger charge is -2.04. The summed E-state index contributed by atoms with van der Waals surface area (Å²) in [5.41, 5.74) is 3.00. The van der Waals surface area contributed by atoms with Gasteiger partial charge in [0.25, 0.3) is 0 Å². The largest absolute Gasteiger partial charge is 0.300 e. The molecule has 22 heavy (non-hydrogen) atoms. The number of anilines is 1. The number of nitrogens with zero attached hydrogens (tertiary/aromatic N) is 3. The van der Waals surface area contributed by atoms with Crippen molar-refractivity contribution in [2.45, 2.75) is 13.3 Å². The average molecular weight is 310 g/mol. The maximum absolute atomic E-state index is 12.1. The van der Waals surface area contributed by atoms with E-state index in [0.717, 1.165) is 21.7 Å². The number of amides is 1. The van der Waals surface area contributed by atoms with Crippen molar-refractivity contribution in [2.75, 3.05) is 5.32 Å². The molecule has 0 spiro atoms. The molecule has 1 aromatic carbocycles. The van der Waals surface area contributed by atoms with Crippen LogP contribution in [0.15, 0.2) is 48.8 Å². The van der Waals surface area contributed by atoms with Crippen molar-refractivity contribution >= 4 is 22.4 Å². The van der Waals surface area contributed by atoms with Gasteiger partial charge in [0.2, 0.25) is 11.0 Å². The lowest BCUT2D eigenvalue weighted by atomic mass is 10.1. The Morgan fingerprint density at radius 1 is 1.18 bits per heavy atom. The highest BCUT2D eigenvalue weighted by molar-refractivity contribution is 7.18. The molecule has 0 saturated carbocycles. The fourth-order valence-corrected chi connectivity index (χ4v) is 2.77. The van der Waals surface area contributed by atoms with Crippen molar-refractivity contribution in [3.8, 4) is 10.6 Å². The Morgan fingerprint density at radius 3 is 2.82 bits per heavy atom. The van der Waals surface area contributed by atoms with Crippen molar-refractivity contribution < 1.29 is 4.79 Å². The van der Waals surface area contributed by atoms with Gasteiger partial charge < -0.3 is 5.32 Å². The zero-order chi connectivity index (χ0) is 15.4. The first-order valence-corrected chi connectivity index (χ1v) is 7.62. The maximum atomic E-state index is 12.1. The highest BCUT2D eigenvalue weighted by Gasteiger charge is 2.11. The number of carbonyl (C=O) groups excluding carboxylic acids is 1. The van der Waals surface area contributed by atoms with Gasteiger partial charge in [0.05, 0.1) is 6.42 Å². The summed E-state index contributed by atoms with van der Waals surface area (Å²) in [5, 5.41) is 12.1. The summed E-state index contributed by atoms with van der Waals surface area (Å²) in [7, 11) is 0. The zero-order valence-electron chi connectivity index (χ0n) is 12.0. The van der Waals surface area contributed by atoms with Crippen LogP contribution in [-0.2, 0) is 11.2 Å². The molecule has 3 rings (SSSR count). The number of rotatable bonds is 4. The standard InChI is InChI=1S/C16H14N4OS/c1-11-5-2-3-6-12(11)9-14(21)18-16-20-19-15(22-16)13-7-4-8-17-10-13/h2-8,10H,9H2,1H3,(H,18,20,21). The monoisotopic (exact) mass is 310 g/mol. The van der Waals surface area contributed by atoms with E-state index in [4.69, 9.17) is 0 Å². The number of aromatic nitrogens is 3. The first kappa shape index (κ1) is 14.3. The minimum atomic E-state index is -0.0943. The minimum absolute atomic E-state index is 0.0943. The maximum Gasteiger partial charge on any atom is 0.230 e. The summed E-state index contributed by atoms with van der Waals surface area (Å²) in [4.78, 5) is 16.1. The van der Waals surface area contributed by atoms with Crippen LogP contribution < -0.4 is 5.32 Å². The molecule has 0 aliphatic rings. The fourth-order valence-electron chi connectivity index (χ4n) is 2.02. The summed E-state index contributed by atoms with van der Waals surface area (Å²) in [6.07, 6.45) is 3.75. The number of carbonyl (C=O) groups is 1. The summed E-state index contributed by atoms with van der Waals surface area (Å²) in [6.45, 7) is 1.99. The lowest BCUT2D eigenvalue weighted by Crippen LogP contribution is -2.14. The van der Waals surface area contributed by atoms with Gasteiger partial charge in [-0.3, -0.25) is 9.78 Å². The normalized spacial score (nSPS) is 10.4. The molecule has 6 heteroatoms. The molecule has 1 amide bonds. The highest BCUT2D eigenvalue weighted by Crippen LogP contribution is 2.25. The molecule has 3 aromatic rings. The number of nitrogens with one attached hydrogen (secondary N) is 1. The van der Waals surface area contributed by atoms with Gasteiger partial charge in [0.15, 0.2) is 5.01 Å². The van der Waals surface area contributed by atoms with Gasteiger partial charge in [0.1, 0.15) is 0 Å². The molecule has 0 fully saturated rings. The van der Waals surface area contributed by atoms with E-state index in [2.05, 4.69) is 20.5 Å². The predicted molar refractivity (Wildman–Crippen MR) is 86.7 cm³/mol. The number of pyridine rings is 1. The Balaban J connectivity index is 1.68. The number of hydrogen-bond acceptors (Lipinski definition) is 5. The van der Waals surface area contributed by atoms with Crippen LogP contribution in [0.5, 0.6) is 0 Å². The Labute approximate surface area is 132 Å². The Bertz CT molecular complexity index is 786. The summed E-state index contributed by atoms with van der Waals surface area (Å²) in [6, 6.07) is 11.6. The topological polar surface area (TPSA) is 67.8 Å². The van der Waals surface area contributed by atoms with E-state index in [-0.39, 0.29) is 5.91 Å². The van der Waals surface area contributed by atoms with Crippen LogP contribution in [0.1, 0.15) is 11.1 Å². The molecular weight excluding hydrogens is 296 g/mol. The Morgan fingerprint density at radius 2 is 2.05 bits per heavy atom. The van der Waals surface area contributed by atoms with Crippen LogP contribution in [-0.4, -0.2) is 21.1 Å². The Kier molecular flexibility index (Phi) is 4.20. The third kappa shape index (κ3) is 3.35. The predicted octanol–water partition coefficient (Wildman–Crippen LogP) is 3.09. The van der Waals surface area contributed by atoms with E-state index >= 15 is 0 Å². The number of aryl methyl sites for hydroxylation is 1. The molecule has 0 aliphatic heterocycles. The van der Waals surface area contributed by atoms with Crippen LogP contribution in [0.3, 0.4) is 0 Å². The van der Waals surface area contributed by atoms with Crippen molar-refractivity contribution in [2.24, 2.45) is 0 Å². The second-order valence-corrected chi connectivity index (χ2v) is 5.78. The number of benzene rings is 1. The summed E-state index contributed by atoms with van der Waals surface area (Å²) >= 11 is 1.33. The molecule has 0 radical (unpaired) electrons. The number of hydrogen-bond donors (Lipinski definition) is 1. The molecule has 110 valence electrons. The van der Waals surface area contributed by atoms with Gasteiger partial charge in [-0.1, -0.05) is 35.6 Å². The van der Waals surface area contributed by atoms with Crippen molar-refractivity contribution in [1.29, 1.82) is 0 Å². The molecule has 0 aliphatic carbocycles. The molecule has 5 nitrogen and oxygen atoms in total. The van der Waals surface area contributed by atoms with E-state index < -0.39 is 0 Å². The lowest BCUT2D eigenvalue weighted by molar-refractivity contribution is -0.115. The van der Waals surface area contributed by atoms with Gasteiger partial charge in [-0.05, 0) is 30.2 Å². The van der Waals surface area contributed by atoms with E-state index in [0.29, 0.717) is 11.6 Å². The fraction of sp³-hybridized carbons (Fsp3) is 0.125. The molecule has 0 atom stereocenters. The second-order valence-electron chi connectivity index (χ2n) is 4.81. The zero-order valence-corrected chi connectivity index (χ0v) is 12.8. The molecule has 0 unspecified atom stereocenters. The molecular formula is C16H14N4OS. The van der Waals surface area contributed by atoms with Crippen molar-refractivity contribution in [3.05, 3.63) is 59.9 Å². The van der Waals surface area contributed by atoms with Crippen LogP contribution in [0.4, 0.5) is 5.13 Å². The van der Waals surface area contributed by atoms with E-state index in [1.165, 1.54) is 11.3 Å². The summed E-state index contributed by atoms with van der Waals surface area (Å²) in [5.74, 6) is -0.0943. The average Bonchev–Trinajstić information content (AvgIpc) is 2.99. The molecule has 2 aromatic heterocycles. The van der Waals surface area contributed by atoms with Gasteiger partial charge >= 0.3 is 0 Å². The first-order valence-electron chi connectivity index (χ1n) is 6.80. The Hall–Kier alpha value is -2.60. The smallest absolute Gasteiger partial charge is 0.230 e. The highest BCUT2D eigenvalue weighted by atomic mass is 32.1. The third-order valence-corrected chi connectivity index (χ3v) is 4.08. The SMILES string of the molecule is Cc1ccccc1CC(=O)Nc1nnc(-c2cccnc2)s1. The third-order valence-electron chi connectivity index (χ3n) is 3.19. The second kappa shape index (κ2) is 6.44. The van der Waals surface area contributed by atoms with E-state index in [1.54, 1.807) is 12.4 Å².